The summed E-state index contributed by atoms with van der Waals surface area (Å²) in [4.78, 5) is 37.1. The third kappa shape index (κ3) is 2.67. The molecule has 2 radical (unpaired) electrons. The van der Waals surface area contributed by atoms with Crippen LogP contribution in [-0.4, -0.2) is 36.9 Å². The van der Waals surface area contributed by atoms with Gasteiger partial charge in [0.1, 0.15) is 5.78 Å². The first-order chi connectivity index (χ1) is 9.32. The number of benzene rings is 1. The van der Waals surface area contributed by atoms with Crippen molar-refractivity contribution in [1.29, 1.82) is 0 Å². The normalized spacial score (nSPS) is 14.6. The third-order valence-electron chi connectivity index (χ3n) is 3.38. The third-order valence-corrected chi connectivity index (χ3v) is 3.38. The summed E-state index contributed by atoms with van der Waals surface area (Å²) in [5, 5.41) is -0.873. The van der Waals surface area contributed by atoms with Crippen molar-refractivity contribution in [3.63, 3.8) is 0 Å². The van der Waals surface area contributed by atoms with Gasteiger partial charge in [0.15, 0.2) is 0 Å². The smallest absolute Gasteiger partial charge is 0.261 e. The first-order valence-corrected chi connectivity index (χ1v) is 6.60. The van der Waals surface area contributed by atoms with Crippen LogP contribution < -0.4 is 0 Å². The number of carbonyl (C=O) groups excluding carboxylic acids is 3. The van der Waals surface area contributed by atoms with E-state index in [4.69, 9.17) is 7.85 Å². The topological polar surface area (TPSA) is 54.5 Å². The maximum absolute atomic E-state index is 12.1. The Hall–Kier alpha value is -1.91. The second-order valence-corrected chi connectivity index (χ2v) is 5.56. The van der Waals surface area contributed by atoms with Gasteiger partial charge < -0.3 is 0 Å². The molecule has 4 nitrogen and oxygen atoms in total. The summed E-state index contributed by atoms with van der Waals surface area (Å²) in [7, 11) is 5.70. The van der Waals surface area contributed by atoms with Crippen molar-refractivity contribution in [2.24, 2.45) is 0 Å². The van der Waals surface area contributed by atoms with Crippen LogP contribution in [-0.2, 0) is 4.79 Å². The van der Waals surface area contributed by atoms with Gasteiger partial charge in [-0.3, -0.25) is 19.3 Å². The lowest BCUT2D eigenvalue weighted by molar-refractivity contribution is -0.121. The van der Waals surface area contributed by atoms with Crippen molar-refractivity contribution < 1.29 is 14.4 Å². The first-order valence-electron chi connectivity index (χ1n) is 6.60. The Bertz CT molecular complexity index is 540. The molecule has 5 heteroatoms. The zero-order valence-electron chi connectivity index (χ0n) is 11.7. The van der Waals surface area contributed by atoms with Crippen molar-refractivity contribution in [3.05, 3.63) is 35.4 Å². The van der Waals surface area contributed by atoms with E-state index in [0.29, 0.717) is 17.5 Å². The number of Topliss-reactive ketones (excluding diaryl/α,β-unsaturated/α-hetero) is 1. The second-order valence-electron chi connectivity index (χ2n) is 5.56. The van der Waals surface area contributed by atoms with Crippen LogP contribution in [0.15, 0.2) is 24.3 Å². The molecule has 1 aromatic rings. The maximum Gasteiger partial charge on any atom is 0.261 e. The quantitative estimate of drug-likeness (QED) is 0.606. The van der Waals surface area contributed by atoms with Gasteiger partial charge in [0, 0.05) is 13.0 Å². The fraction of sp³-hybridized carbons (Fsp3) is 0.400. The van der Waals surface area contributed by atoms with E-state index in [1.165, 1.54) is 4.90 Å². The predicted molar refractivity (Wildman–Crippen MR) is 75.8 cm³/mol. The molecule has 1 aliphatic rings. The molecule has 2 rings (SSSR count). The van der Waals surface area contributed by atoms with E-state index < -0.39 is 5.31 Å². The number of hydrogen-bond donors (Lipinski definition) is 0. The summed E-state index contributed by atoms with van der Waals surface area (Å²) in [6.45, 7) is 3.54. The maximum atomic E-state index is 12.1. The number of nitrogens with zero attached hydrogens (tertiary/aromatic N) is 1. The lowest BCUT2D eigenvalue weighted by atomic mass is 9.68. The van der Waals surface area contributed by atoms with Gasteiger partial charge in [-0.25, -0.2) is 0 Å². The summed E-state index contributed by atoms with van der Waals surface area (Å²) in [5.41, 5.74) is 0.867. The molecule has 0 saturated heterocycles. The minimum Gasteiger partial charge on any atom is -0.300 e. The Morgan fingerprint density at radius 3 is 2.10 bits per heavy atom. The molecule has 0 unspecified atom stereocenters. The summed E-state index contributed by atoms with van der Waals surface area (Å²) in [5.74, 6) is -0.649. The average molecular weight is 269 g/mol. The minimum atomic E-state index is -0.873. The van der Waals surface area contributed by atoms with Crippen LogP contribution in [0.25, 0.3) is 0 Å². The molecule has 0 N–H and O–H groups in total. The van der Waals surface area contributed by atoms with E-state index in [2.05, 4.69) is 0 Å². The van der Waals surface area contributed by atoms with Gasteiger partial charge in [-0.05, 0) is 23.9 Å². The number of amides is 2. The fourth-order valence-electron chi connectivity index (χ4n) is 2.16. The van der Waals surface area contributed by atoms with E-state index in [1.807, 2.05) is 0 Å². The molecular weight excluding hydrogens is 253 g/mol. The summed E-state index contributed by atoms with van der Waals surface area (Å²) in [6.07, 6.45) is 0.696. The standard InChI is InChI=1S/C15H16BNO3/c1-15(2,16)12(18)8-5-9-17-13(19)10-6-3-4-7-11(10)14(17)20/h3-4,6-7H,5,8-9H2,1-2H3. The van der Waals surface area contributed by atoms with E-state index in [0.717, 1.165) is 0 Å². The highest BCUT2D eigenvalue weighted by Crippen LogP contribution is 2.25. The highest BCUT2D eigenvalue weighted by atomic mass is 16.2. The molecule has 2 amide bonds. The molecule has 0 aliphatic carbocycles. The van der Waals surface area contributed by atoms with Crippen LogP contribution in [0.1, 0.15) is 47.4 Å². The summed E-state index contributed by atoms with van der Waals surface area (Å²) >= 11 is 0. The zero-order valence-corrected chi connectivity index (χ0v) is 11.7. The van der Waals surface area contributed by atoms with Gasteiger partial charge in [0.25, 0.3) is 11.8 Å². The molecular formula is C15H16BNO3. The van der Waals surface area contributed by atoms with Crippen molar-refractivity contribution in [1.82, 2.24) is 4.90 Å². The number of ketones is 1. The largest absolute Gasteiger partial charge is 0.300 e. The number of imide groups is 1. The summed E-state index contributed by atoms with van der Waals surface area (Å²) in [6, 6.07) is 6.75. The van der Waals surface area contributed by atoms with Crippen LogP contribution >= 0.6 is 0 Å². The molecule has 102 valence electrons. The van der Waals surface area contributed by atoms with E-state index in [1.54, 1.807) is 38.1 Å². The number of fused-ring (bicyclic) bond motifs is 1. The van der Waals surface area contributed by atoms with Gasteiger partial charge in [0.2, 0.25) is 0 Å². The zero-order chi connectivity index (χ0) is 14.9. The predicted octanol–water partition coefficient (Wildman–Crippen LogP) is 2.00. The first kappa shape index (κ1) is 14.5. The number of hydrogen-bond acceptors (Lipinski definition) is 3. The molecule has 1 aliphatic heterocycles. The molecule has 0 atom stereocenters. The molecule has 0 spiro atoms. The Morgan fingerprint density at radius 2 is 1.65 bits per heavy atom. The summed E-state index contributed by atoms with van der Waals surface area (Å²) < 4.78 is 0. The lowest BCUT2D eigenvalue weighted by Gasteiger charge is -2.18. The average Bonchev–Trinajstić information content (AvgIpc) is 2.63. The number of rotatable bonds is 5. The van der Waals surface area contributed by atoms with Crippen LogP contribution in [0.4, 0.5) is 0 Å². The van der Waals surface area contributed by atoms with Gasteiger partial charge in [-0.15, -0.1) is 0 Å². The minimum absolute atomic E-state index is 0.0749. The van der Waals surface area contributed by atoms with Crippen molar-refractivity contribution in [2.75, 3.05) is 6.54 Å². The van der Waals surface area contributed by atoms with Crippen LogP contribution in [0.3, 0.4) is 0 Å². The fourth-order valence-corrected chi connectivity index (χ4v) is 2.16. The Labute approximate surface area is 119 Å². The molecule has 1 aromatic carbocycles. The van der Waals surface area contributed by atoms with Crippen molar-refractivity contribution in [3.8, 4) is 0 Å². The second kappa shape index (κ2) is 5.23. The Morgan fingerprint density at radius 1 is 1.15 bits per heavy atom. The SMILES string of the molecule is [B]C(C)(C)C(=O)CCCN1C(=O)c2ccccc2C1=O. The number of carbonyl (C=O) groups is 3. The van der Waals surface area contributed by atoms with E-state index >= 15 is 0 Å². The Balaban J connectivity index is 1.98. The van der Waals surface area contributed by atoms with Crippen LogP contribution in [0.2, 0.25) is 5.31 Å². The van der Waals surface area contributed by atoms with Crippen LogP contribution in [0.5, 0.6) is 0 Å². The van der Waals surface area contributed by atoms with E-state index in [9.17, 15) is 14.4 Å². The van der Waals surface area contributed by atoms with Crippen molar-refractivity contribution in [2.45, 2.75) is 32.0 Å². The van der Waals surface area contributed by atoms with Gasteiger partial charge in [-0.2, -0.15) is 0 Å². The van der Waals surface area contributed by atoms with Gasteiger partial charge in [0.05, 0.1) is 19.0 Å². The Kier molecular flexibility index (Phi) is 3.79. The highest BCUT2D eigenvalue weighted by molar-refractivity contribution is 6.27. The van der Waals surface area contributed by atoms with Gasteiger partial charge in [-0.1, -0.05) is 26.0 Å². The van der Waals surface area contributed by atoms with Crippen molar-refractivity contribution >= 4 is 25.4 Å². The molecule has 0 saturated carbocycles. The molecule has 0 aromatic heterocycles. The molecule has 0 bridgehead atoms. The molecule has 20 heavy (non-hydrogen) atoms. The van der Waals surface area contributed by atoms with Gasteiger partial charge >= 0.3 is 0 Å². The molecule has 0 fully saturated rings. The van der Waals surface area contributed by atoms with E-state index in [-0.39, 0.29) is 30.6 Å². The highest BCUT2D eigenvalue weighted by Gasteiger charge is 2.34. The van der Waals surface area contributed by atoms with Crippen LogP contribution in [0, 0.1) is 0 Å². The monoisotopic (exact) mass is 269 g/mol. The molecule has 1 heterocycles. The lowest BCUT2D eigenvalue weighted by Crippen LogP contribution is -2.31.